The molecule has 0 saturated carbocycles. The third kappa shape index (κ3) is 4.89. The maximum absolute atomic E-state index is 9.60. The average molecular weight is 357 g/mol. The summed E-state index contributed by atoms with van der Waals surface area (Å²) in [5, 5.41) is 16.2. The topological polar surface area (TPSA) is 92.2 Å². The molecule has 0 radical (unpaired) electrons. The number of aliphatic hydroxyl groups excluding tert-OH is 1. The molecule has 3 rings (SSSR count). The maximum Gasteiger partial charge on any atom is 0.225 e. The van der Waals surface area contributed by atoms with E-state index in [1.54, 1.807) is 12.4 Å². The van der Waals surface area contributed by atoms with Gasteiger partial charge in [-0.1, -0.05) is 13.8 Å². The van der Waals surface area contributed by atoms with Crippen LogP contribution in [-0.2, 0) is 4.74 Å². The van der Waals surface area contributed by atoms with Crippen molar-refractivity contribution in [2.45, 2.75) is 38.8 Å². The number of rotatable bonds is 8. The number of aliphatic hydroxyl groups is 1. The summed E-state index contributed by atoms with van der Waals surface area (Å²) in [6.07, 6.45) is 5.90. The lowest BCUT2D eigenvalue weighted by Gasteiger charge is -2.21. The second-order valence-corrected chi connectivity index (χ2v) is 6.89. The van der Waals surface area contributed by atoms with Crippen LogP contribution in [0.2, 0.25) is 0 Å². The predicted octanol–water partition coefficient (Wildman–Crippen LogP) is 2.56. The molecule has 0 amide bonds. The van der Waals surface area contributed by atoms with E-state index in [9.17, 15) is 5.11 Å². The molecule has 140 valence electrons. The minimum Gasteiger partial charge on any atom is -0.394 e. The van der Waals surface area contributed by atoms with Crippen molar-refractivity contribution in [1.29, 1.82) is 0 Å². The molecule has 1 fully saturated rings. The van der Waals surface area contributed by atoms with Gasteiger partial charge in [0.05, 0.1) is 24.4 Å². The van der Waals surface area contributed by atoms with E-state index < -0.39 is 0 Å². The Kier molecular flexibility index (Phi) is 6.35. The second-order valence-electron chi connectivity index (χ2n) is 6.89. The van der Waals surface area contributed by atoms with Gasteiger partial charge in [0.1, 0.15) is 5.82 Å². The first-order valence-corrected chi connectivity index (χ1v) is 9.18. The fraction of sp³-hybridized carbons (Fsp3) is 0.526. The van der Waals surface area contributed by atoms with Crippen molar-refractivity contribution in [3.8, 4) is 11.3 Å². The van der Waals surface area contributed by atoms with E-state index in [2.05, 4.69) is 39.4 Å². The molecule has 1 aliphatic rings. The molecule has 1 saturated heterocycles. The van der Waals surface area contributed by atoms with Gasteiger partial charge in [0, 0.05) is 37.2 Å². The van der Waals surface area contributed by atoms with E-state index >= 15 is 0 Å². The third-order valence-corrected chi connectivity index (χ3v) is 4.55. The first-order chi connectivity index (χ1) is 12.7. The highest BCUT2D eigenvalue weighted by Gasteiger charge is 2.17. The lowest BCUT2D eigenvalue weighted by Crippen LogP contribution is -2.30. The number of anilines is 2. The van der Waals surface area contributed by atoms with Crippen LogP contribution in [0.1, 0.15) is 26.7 Å². The molecular weight excluding hydrogens is 330 g/mol. The van der Waals surface area contributed by atoms with Crippen LogP contribution >= 0.6 is 0 Å². The molecule has 3 N–H and O–H groups in total. The van der Waals surface area contributed by atoms with Gasteiger partial charge in [-0.05, 0) is 30.9 Å². The van der Waals surface area contributed by atoms with Gasteiger partial charge in [-0.25, -0.2) is 4.98 Å². The Bertz CT molecular complexity index is 690. The quantitative estimate of drug-likeness (QED) is 0.668. The first-order valence-electron chi connectivity index (χ1n) is 9.18. The minimum atomic E-state index is -0.103. The summed E-state index contributed by atoms with van der Waals surface area (Å²) in [6.45, 7) is 5.69. The van der Waals surface area contributed by atoms with Crippen LogP contribution in [0.25, 0.3) is 11.3 Å². The Labute approximate surface area is 154 Å². The van der Waals surface area contributed by atoms with E-state index in [0.717, 1.165) is 43.1 Å². The molecule has 2 atom stereocenters. The number of ether oxygens (including phenoxy) is 1. The fourth-order valence-corrected chi connectivity index (χ4v) is 2.89. The Hall–Kier alpha value is -2.25. The van der Waals surface area contributed by atoms with E-state index in [0.29, 0.717) is 5.95 Å². The highest BCUT2D eigenvalue weighted by atomic mass is 16.5. The van der Waals surface area contributed by atoms with E-state index in [-0.39, 0.29) is 24.7 Å². The summed E-state index contributed by atoms with van der Waals surface area (Å²) in [4.78, 5) is 13.3. The van der Waals surface area contributed by atoms with Gasteiger partial charge in [0.25, 0.3) is 0 Å². The van der Waals surface area contributed by atoms with Crippen molar-refractivity contribution in [3.63, 3.8) is 0 Å². The largest absolute Gasteiger partial charge is 0.394 e. The van der Waals surface area contributed by atoms with Gasteiger partial charge >= 0.3 is 0 Å². The van der Waals surface area contributed by atoms with Crippen molar-refractivity contribution >= 4 is 11.8 Å². The van der Waals surface area contributed by atoms with Gasteiger partial charge in [-0.15, -0.1) is 0 Å². The molecule has 7 heteroatoms. The van der Waals surface area contributed by atoms with Gasteiger partial charge in [0.15, 0.2) is 0 Å². The molecular formula is C19H27N5O2. The first kappa shape index (κ1) is 18.5. The van der Waals surface area contributed by atoms with E-state index in [1.165, 1.54) is 0 Å². The summed E-state index contributed by atoms with van der Waals surface area (Å²) in [6, 6.07) is 5.66. The van der Waals surface area contributed by atoms with Crippen LogP contribution in [0.5, 0.6) is 0 Å². The zero-order valence-corrected chi connectivity index (χ0v) is 15.4. The number of hydrogen-bond acceptors (Lipinski definition) is 7. The van der Waals surface area contributed by atoms with Crippen LogP contribution in [-0.4, -0.2) is 52.0 Å². The number of pyridine rings is 1. The van der Waals surface area contributed by atoms with Crippen LogP contribution in [0.3, 0.4) is 0 Å². The molecule has 0 spiro atoms. The van der Waals surface area contributed by atoms with Gasteiger partial charge in [-0.2, -0.15) is 4.98 Å². The Morgan fingerprint density at radius 1 is 1.27 bits per heavy atom. The number of nitrogens with zero attached hydrogens (tertiary/aromatic N) is 3. The van der Waals surface area contributed by atoms with Gasteiger partial charge < -0.3 is 20.5 Å². The van der Waals surface area contributed by atoms with Crippen molar-refractivity contribution in [2.75, 3.05) is 30.4 Å². The van der Waals surface area contributed by atoms with Crippen molar-refractivity contribution in [1.82, 2.24) is 15.0 Å². The lowest BCUT2D eigenvalue weighted by atomic mass is 10.1. The zero-order chi connectivity index (χ0) is 18.4. The molecule has 0 aromatic carbocycles. The van der Waals surface area contributed by atoms with Crippen molar-refractivity contribution < 1.29 is 9.84 Å². The Balaban J connectivity index is 1.83. The van der Waals surface area contributed by atoms with Crippen LogP contribution in [0.15, 0.2) is 30.6 Å². The number of aromatic nitrogens is 3. The number of nitrogens with one attached hydrogen (secondary N) is 2. The highest BCUT2D eigenvalue weighted by molar-refractivity contribution is 5.64. The fourth-order valence-electron chi connectivity index (χ4n) is 2.89. The maximum atomic E-state index is 9.60. The second kappa shape index (κ2) is 8.91. The molecule has 2 aromatic heterocycles. The minimum absolute atomic E-state index is 0.0270. The summed E-state index contributed by atoms with van der Waals surface area (Å²) in [7, 11) is 0. The smallest absolute Gasteiger partial charge is 0.225 e. The molecule has 7 nitrogen and oxygen atoms in total. The Morgan fingerprint density at radius 2 is 2.08 bits per heavy atom. The molecule has 0 bridgehead atoms. The van der Waals surface area contributed by atoms with E-state index in [1.807, 2.05) is 18.2 Å². The lowest BCUT2D eigenvalue weighted by molar-refractivity contribution is 0.120. The molecule has 2 aromatic rings. The molecule has 26 heavy (non-hydrogen) atoms. The van der Waals surface area contributed by atoms with Crippen LogP contribution < -0.4 is 10.6 Å². The molecule has 0 aliphatic carbocycles. The SMILES string of the molecule is CC(C)[C@@H](CO)Nc1nc(NC[C@H]2CCCO2)cc(-c2ccncc2)n1. The monoisotopic (exact) mass is 357 g/mol. The predicted molar refractivity (Wildman–Crippen MR) is 102 cm³/mol. The normalized spacial score (nSPS) is 18.1. The van der Waals surface area contributed by atoms with Crippen molar-refractivity contribution in [3.05, 3.63) is 30.6 Å². The molecule has 1 aliphatic heterocycles. The summed E-state index contributed by atoms with van der Waals surface area (Å²) >= 11 is 0. The molecule has 0 unspecified atom stereocenters. The van der Waals surface area contributed by atoms with E-state index in [4.69, 9.17) is 4.74 Å². The zero-order valence-electron chi connectivity index (χ0n) is 15.4. The summed E-state index contributed by atoms with van der Waals surface area (Å²) < 4.78 is 5.67. The summed E-state index contributed by atoms with van der Waals surface area (Å²) in [5.41, 5.74) is 1.77. The van der Waals surface area contributed by atoms with Crippen molar-refractivity contribution in [2.24, 2.45) is 5.92 Å². The highest BCUT2D eigenvalue weighted by Crippen LogP contribution is 2.22. The van der Waals surface area contributed by atoms with Crippen LogP contribution in [0, 0.1) is 5.92 Å². The number of hydrogen-bond donors (Lipinski definition) is 3. The standard InChI is InChI=1S/C19H27N5O2/c1-13(2)17(12-25)23-19-22-16(14-5-7-20-8-6-14)10-18(24-19)21-11-15-4-3-9-26-15/h5-8,10,13,15,17,25H,3-4,9,11-12H2,1-2H3,(H2,21,22,23,24)/t15-,17-/m1/s1. The van der Waals surface area contributed by atoms with Gasteiger partial charge in [0.2, 0.25) is 5.95 Å². The Morgan fingerprint density at radius 3 is 2.73 bits per heavy atom. The summed E-state index contributed by atoms with van der Waals surface area (Å²) in [5.74, 6) is 1.50. The van der Waals surface area contributed by atoms with Crippen LogP contribution in [0.4, 0.5) is 11.8 Å². The molecule has 3 heterocycles. The van der Waals surface area contributed by atoms with Gasteiger partial charge in [-0.3, -0.25) is 4.98 Å². The third-order valence-electron chi connectivity index (χ3n) is 4.55. The average Bonchev–Trinajstić information content (AvgIpc) is 3.18.